The second-order valence-electron chi connectivity index (χ2n) is 6.34. The number of benzene rings is 1. The van der Waals surface area contributed by atoms with Gasteiger partial charge in [0, 0.05) is 31.3 Å². The first-order chi connectivity index (χ1) is 13.1. The van der Waals surface area contributed by atoms with Gasteiger partial charge in [-0.25, -0.2) is 0 Å². The van der Waals surface area contributed by atoms with Crippen LogP contribution in [0, 0.1) is 10.1 Å². The van der Waals surface area contributed by atoms with E-state index in [-0.39, 0.29) is 35.5 Å². The fourth-order valence-corrected chi connectivity index (χ4v) is 3.18. The Morgan fingerprint density at radius 1 is 1.32 bits per heavy atom. The summed E-state index contributed by atoms with van der Waals surface area (Å²) in [6.45, 7) is -0.539. The van der Waals surface area contributed by atoms with Crippen molar-refractivity contribution < 1.29 is 18.1 Å². The molecule has 8 nitrogen and oxygen atoms in total. The number of halogens is 4. The van der Waals surface area contributed by atoms with Crippen LogP contribution in [0.4, 0.5) is 24.5 Å². The lowest BCUT2D eigenvalue weighted by molar-refractivity contribution is -0.384. The molecule has 0 bridgehead atoms. The molecular formula is C16H15ClF3N5O3. The molecule has 1 unspecified atom stereocenters. The number of nitro groups is 1. The molecule has 12 heteroatoms. The lowest BCUT2D eigenvalue weighted by Crippen LogP contribution is -2.34. The van der Waals surface area contributed by atoms with Gasteiger partial charge in [0.15, 0.2) is 0 Å². The average Bonchev–Trinajstić information content (AvgIpc) is 3.04. The Bertz CT molecular complexity index is 933. The zero-order valence-corrected chi connectivity index (χ0v) is 15.1. The summed E-state index contributed by atoms with van der Waals surface area (Å²) < 4.78 is 38.4. The predicted molar refractivity (Wildman–Crippen MR) is 96.0 cm³/mol. The summed E-state index contributed by atoms with van der Waals surface area (Å²) in [6.07, 6.45) is -2.49. The normalized spacial score (nSPS) is 17.6. The van der Waals surface area contributed by atoms with E-state index >= 15 is 0 Å². The van der Waals surface area contributed by atoms with Gasteiger partial charge in [0.2, 0.25) is 0 Å². The van der Waals surface area contributed by atoms with E-state index in [1.807, 2.05) is 0 Å². The Labute approximate surface area is 161 Å². The van der Waals surface area contributed by atoms with Crippen molar-refractivity contribution in [3.63, 3.8) is 0 Å². The van der Waals surface area contributed by atoms with Gasteiger partial charge in [-0.15, -0.1) is 0 Å². The number of likely N-dealkylation sites (tertiary alicyclic amines) is 1. The maximum absolute atomic E-state index is 12.5. The van der Waals surface area contributed by atoms with E-state index in [4.69, 9.17) is 11.6 Å². The van der Waals surface area contributed by atoms with E-state index in [2.05, 4.69) is 10.4 Å². The highest BCUT2D eigenvalue weighted by Crippen LogP contribution is 2.24. The van der Waals surface area contributed by atoms with Crippen LogP contribution in [-0.4, -0.2) is 51.5 Å². The minimum Gasteiger partial charge on any atom is -0.378 e. The van der Waals surface area contributed by atoms with Crippen molar-refractivity contribution in [1.29, 1.82) is 0 Å². The lowest BCUT2D eigenvalue weighted by atomic mass is 10.2. The van der Waals surface area contributed by atoms with Gasteiger partial charge >= 0.3 is 6.18 Å². The number of nitrogens with one attached hydrogen (secondary N) is 1. The first kappa shape index (κ1) is 20.1. The van der Waals surface area contributed by atoms with E-state index < -0.39 is 23.2 Å². The quantitative estimate of drug-likeness (QED) is 0.594. The fourth-order valence-electron chi connectivity index (χ4n) is 3.00. The average molecular weight is 418 g/mol. The number of nitrogens with zero attached hydrogens (tertiary/aromatic N) is 4. The van der Waals surface area contributed by atoms with Gasteiger partial charge in [-0.2, -0.15) is 23.0 Å². The third-order valence-electron chi connectivity index (χ3n) is 4.26. The van der Waals surface area contributed by atoms with Crippen LogP contribution >= 0.6 is 11.6 Å². The van der Waals surface area contributed by atoms with Crippen LogP contribution in [0.5, 0.6) is 0 Å². The largest absolute Gasteiger partial charge is 0.401 e. The molecule has 0 radical (unpaired) electrons. The van der Waals surface area contributed by atoms with Gasteiger partial charge in [-0.05, 0) is 18.6 Å². The van der Waals surface area contributed by atoms with Crippen molar-refractivity contribution in [1.82, 2.24) is 14.7 Å². The van der Waals surface area contributed by atoms with Gasteiger partial charge < -0.3 is 5.32 Å². The van der Waals surface area contributed by atoms with Gasteiger partial charge in [-0.1, -0.05) is 11.6 Å². The molecule has 28 heavy (non-hydrogen) atoms. The van der Waals surface area contributed by atoms with E-state index in [9.17, 15) is 28.1 Å². The summed E-state index contributed by atoms with van der Waals surface area (Å²) in [5, 5.41) is 17.5. The third kappa shape index (κ3) is 4.60. The lowest BCUT2D eigenvalue weighted by Gasteiger charge is -2.19. The number of aromatic nitrogens is 2. The minimum atomic E-state index is -4.26. The standard InChI is InChI=1S/C16H15ClF3N5O3/c17-14-13(22-10-5-6-23(8-10)9-16(18,19)20)7-21-24(15(14)26)11-1-3-12(4-2-11)25(27)28/h1-4,7,10,22H,5-6,8-9H2. The maximum atomic E-state index is 12.5. The molecule has 2 aromatic rings. The minimum absolute atomic E-state index is 0.133. The predicted octanol–water partition coefficient (Wildman–Crippen LogP) is 2.84. The number of alkyl halides is 3. The highest BCUT2D eigenvalue weighted by molar-refractivity contribution is 6.33. The zero-order valence-electron chi connectivity index (χ0n) is 14.3. The molecule has 1 N–H and O–H groups in total. The van der Waals surface area contributed by atoms with Crippen LogP contribution in [0.15, 0.2) is 35.3 Å². The smallest absolute Gasteiger partial charge is 0.378 e. The molecule has 150 valence electrons. The Morgan fingerprint density at radius 2 is 2.00 bits per heavy atom. The SMILES string of the molecule is O=c1c(Cl)c(NC2CCN(CC(F)(F)F)C2)cnn1-c1ccc([N+](=O)[O-])cc1. The second kappa shape index (κ2) is 7.76. The van der Waals surface area contributed by atoms with Gasteiger partial charge in [0.25, 0.3) is 11.2 Å². The molecule has 0 spiro atoms. The van der Waals surface area contributed by atoms with Gasteiger partial charge in [0.05, 0.1) is 29.0 Å². The van der Waals surface area contributed by atoms with Crippen LogP contribution in [0.3, 0.4) is 0 Å². The highest BCUT2D eigenvalue weighted by atomic mass is 35.5. The molecule has 1 aliphatic heterocycles. The molecule has 1 atom stereocenters. The first-order valence-electron chi connectivity index (χ1n) is 8.22. The molecule has 1 aromatic carbocycles. The van der Waals surface area contributed by atoms with Crippen LogP contribution < -0.4 is 10.9 Å². The molecule has 1 aliphatic rings. The second-order valence-corrected chi connectivity index (χ2v) is 6.72. The summed E-state index contributed by atoms with van der Waals surface area (Å²) >= 11 is 6.11. The first-order valence-corrected chi connectivity index (χ1v) is 8.60. The number of non-ortho nitro benzene ring substituents is 1. The monoisotopic (exact) mass is 417 g/mol. The number of anilines is 1. The zero-order chi connectivity index (χ0) is 20.5. The van der Waals surface area contributed by atoms with Crippen LogP contribution in [0.2, 0.25) is 5.02 Å². The van der Waals surface area contributed by atoms with Crippen molar-refractivity contribution >= 4 is 23.0 Å². The summed E-state index contributed by atoms with van der Waals surface area (Å²) in [5.74, 6) is 0. The summed E-state index contributed by atoms with van der Waals surface area (Å²) in [7, 11) is 0. The summed E-state index contributed by atoms with van der Waals surface area (Å²) in [5.41, 5.74) is -0.263. The molecule has 0 amide bonds. The highest BCUT2D eigenvalue weighted by Gasteiger charge is 2.34. The molecule has 1 fully saturated rings. The number of nitro benzene ring substituents is 1. The molecule has 0 aliphatic carbocycles. The van der Waals surface area contributed by atoms with Crippen LogP contribution in [-0.2, 0) is 0 Å². The van der Waals surface area contributed by atoms with E-state index in [0.717, 1.165) is 4.68 Å². The molecule has 1 saturated heterocycles. The van der Waals surface area contributed by atoms with Crippen molar-refractivity contribution in [2.24, 2.45) is 0 Å². The number of hydrogen-bond donors (Lipinski definition) is 1. The molecule has 2 heterocycles. The van der Waals surface area contributed by atoms with Crippen molar-refractivity contribution in [3.8, 4) is 5.69 Å². The molecule has 1 aromatic heterocycles. The van der Waals surface area contributed by atoms with Crippen LogP contribution in [0.1, 0.15) is 6.42 Å². The topological polar surface area (TPSA) is 93.3 Å². The Morgan fingerprint density at radius 3 is 2.61 bits per heavy atom. The molecule has 0 saturated carbocycles. The fraction of sp³-hybridized carbons (Fsp3) is 0.375. The molecular weight excluding hydrogens is 403 g/mol. The number of rotatable bonds is 5. The third-order valence-corrected chi connectivity index (χ3v) is 4.62. The summed E-state index contributed by atoms with van der Waals surface area (Å²) in [4.78, 5) is 23.9. The van der Waals surface area contributed by atoms with Gasteiger partial charge in [-0.3, -0.25) is 19.8 Å². The van der Waals surface area contributed by atoms with Crippen LogP contribution in [0.25, 0.3) is 5.69 Å². The Hall–Kier alpha value is -2.66. The maximum Gasteiger partial charge on any atom is 0.401 e. The van der Waals surface area contributed by atoms with Crippen molar-refractivity contribution in [2.75, 3.05) is 25.0 Å². The summed E-state index contributed by atoms with van der Waals surface area (Å²) in [6, 6.07) is 4.90. The van der Waals surface area contributed by atoms with Crippen molar-refractivity contribution in [2.45, 2.75) is 18.6 Å². The van der Waals surface area contributed by atoms with E-state index in [0.29, 0.717) is 12.1 Å². The molecule has 3 rings (SSSR count). The Kier molecular flexibility index (Phi) is 5.57. The van der Waals surface area contributed by atoms with Gasteiger partial charge in [0.1, 0.15) is 5.02 Å². The number of hydrogen-bond acceptors (Lipinski definition) is 6. The van der Waals surface area contributed by atoms with E-state index in [1.54, 1.807) is 0 Å². The Balaban J connectivity index is 1.74. The van der Waals surface area contributed by atoms with E-state index in [1.165, 1.54) is 35.4 Å². The van der Waals surface area contributed by atoms with Crippen molar-refractivity contribution in [3.05, 3.63) is 56.0 Å².